The van der Waals surface area contributed by atoms with Gasteiger partial charge < -0.3 is 0 Å². The molecule has 0 aliphatic heterocycles. The van der Waals surface area contributed by atoms with Gasteiger partial charge >= 0.3 is 0 Å². The van der Waals surface area contributed by atoms with E-state index in [4.69, 9.17) is 12.2 Å². The molecule has 17 heavy (non-hydrogen) atoms. The lowest BCUT2D eigenvalue weighted by Crippen LogP contribution is -2.10. The molecule has 0 atom stereocenters. The molecule has 0 radical (unpaired) electrons. The molecule has 0 bridgehead atoms. The van der Waals surface area contributed by atoms with Gasteiger partial charge in [0.05, 0.1) is 6.54 Å². The van der Waals surface area contributed by atoms with Crippen molar-refractivity contribution in [2.45, 2.75) is 19.9 Å². The summed E-state index contributed by atoms with van der Waals surface area (Å²) in [7, 11) is 0. The van der Waals surface area contributed by atoms with E-state index in [1.165, 1.54) is 0 Å². The second-order valence-electron chi connectivity index (χ2n) is 3.90. The summed E-state index contributed by atoms with van der Waals surface area (Å²) < 4.78 is 2.23. The van der Waals surface area contributed by atoms with E-state index < -0.39 is 0 Å². The maximum absolute atomic E-state index is 11.2. The fourth-order valence-electron chi connectivity index (χ4n) is 1.65. The fourth-order valence-corrected chi connectivity index (χ4v) is 1.86. The van der Waals surface area contributed by atoms with Gasteiger partial charge in [0.1, 0.15) is 11.6 Å². The van der Waals surface area contributed by atoms with Gasteiger partial charge in [0.25, 0.3) is 0 Å². The number of nitrogens with one attached hydrogen (secondary N) is 1. The summed E-state index contributed by atoms with van der Waals surface area (Å²) >= 11 is 5.10. The summed E-state index contributed by atoms with van der Waals surface area (Å²) in [6.45, 7) is 1.82. The highest BCUT2D eigenvalue weighted by Gasteiger charge is 2.08. The molecule has 0 amide bonds. The molecule has 0 spiro atoms. The minimum absolute atomic E-state index is 0.0665. The molecule has 0 fully saturated rings. The van der Waals surface area contributed by atoms with Crippen LogP contribution in [0.5, 0.6) is 0 Å². The number of carbonyl (C=O) groups excluding carboxylic acids is 1. The Morgan fingerprint density at radius 3 is 2.76 bits per heavy atom. The molecule has 1 aromatic heterocycles. The molecule has 0 saturated heterocycles. The molecule has 4 nitrogen and oxygen atoms in total. The number of hydrogen-bond acceptors (Lipinski definition) is 3. The Morgan fingerprint density at radius 1 is 1.41 bits per heavy atom. The van der Waals surface area contributed by atoms with E-state index in [-0.39, 0.29) is 12.3 Å². The zero-order valence-electron chi connectivity index (χ0n) is 9.51. The van der Waals surface area contributed by atoms with Crippen molar-refractivity contribution in [1.29, 1.82) is 0 Å². The Balaban J connectivity index is 2.27. The van der Waals surface area contributed by atoms with Crippen molar-refractivity contribution in [3.05, 3.63) is 46.5 Å². The second kappa shape index (κ2) is 5.05. The molecule has 0 unspecified atom stereocenters. The van der Waals surface area contributed by atoms with E-state index in [1.807, 2.05) is 30.3 Å². The number of ketones is 1. The highest BCUT2D eigenvalue weighted by Crippen LogP contribution is 2.07. The smallest absolute Gasteiger partial charge is 0.195 e. The second-order valence-corrected chi connectivity index (χ2v) is 4.28. The average Bonchev–Trinajstić information content (AvgIpc) is 2.62. The Bertz CT molecular complexity index is 571. The van der Waals surface area contributed by atoms with Crippen LogP contribution >= 0.6 is 12.2 Å². The van der Waals surface area contributed by atoms with Gasteiger partial charge in [-0.25, -0.2) is 0 Å². The number of carbonyl (C=O) groups is 1. The summed E-state index contributed by atoms with van der Waals surface area (Å²) in [4.78, 5) is 11.2. The molecule has 88 valence electrons. The molecule has 5 heteroatoms. The van der Waals surface area contributed by atoms with Gasteiger partial charge in [0, 0.05) is 6.42 Å². The molecule has 2 aromatic rings. The highest BCUT2D eigenvalue weighted by atomic mass is 32.1. The van der Waals surface area contributed by atoms with Crippen LogP contribution in [0.3, 0.4) is 0 Å². The predicted octanol–water partition coefficient (Wildman–Crippen LogP) is 2.12. The molecule has 2 rings (SSSR count). The summed E-state index contributed by atoms with van der Waals surface area (Å²) in [5.41, 5.74) is 1.14. The maximum Gasteiger partial charge on any atom is 0.195 e. The van der Waals surface area contributed by atoms with Gasteiger partial charge in [-0.05, 0) is 24.7 Å². The molecule has 1 aromatic carbocycles. The summed E-state index contributed by atoms with van der Waals surface area (Å²) in [6.07, 6.45) is 0.668. The number of aromatic amines is 1. The van der Waals surface area contributed by atoms with Crippen molar-refractivity contribution in [2.24, 2.45) is 0 Å². The third kappa shape index (κ3) is 2.88. The monoisotopic (exact) mass is 247 g/mol. The molecule has 1 heterocycles. The van der Waals surface area contributed by atoms with Crippen LogP contribution in [0.1, 0.15) is 18.3 Å². The van der Waals surface area contributed by atoms with E-state index in [0.717, 1.165) is 11.4 Å². The van der Waals surface area contributed by atoms with E-state index >= 15 is 0 Å². The van der Waals surface area contributed by atoms with Crippen molar-refractivity contribution in [1.82, 2.24) is 14.8 Å². The Labute approximate surface area is 104 Å². The number of H-pyrrole nitrogens is 1. The van der Waals surface area contributed by atoms with Crippen LogP contribution in [0.4, 0.5) is 0 Å². The molecular weight excluding hydrogens is 234 g/mol. The largest absolute Gasteiger partial charge is 0.298 e. The number of benzene rings is 1. The summed E-state index contributed by atoms with van der Waals surface area (Å²) in [5, 5.41) is 6.88. The first-order chi connectivity index (χ1) is 8.16. The first-order valence-electron chi connectivity index (χ1n) is 5.34. The topological polar surface area (TPSA) is 50.7 Å². The molecule has 0 aliphatic carbocycles. The molecular formula is C12H13N3OS. The minimum Gasteiger partial charge on any atom is -0.298 e. The van der Waals surface area contributed by atoms with Crippen LogP contribution in [0.15, 0.2) is 30.3 Å². The van der Waals surface area contributed by atoms with E-state index in [1.54, 1.807) is 11.5 Å². The number of hydrogen-bond donors (Lipinski definition) is 1. The SMILES string of the molecule is CC(=O)Cn1c(Cc2ccccc2)n[nH]c1=S. The quantitative estimate of drug-likeness (QED) is 0.842. The third-order valence-corrected chi connectivity index (χ3v) is 2.73. The lowest BCUT2D eigenvalue weighted by atomic mass is 10.1. The fraction of sp³-hybridized carbons (Fsp3) is 0.250. The van der Waals surface area contributed by atoms with Gasteiger partial charge in [0.15, 0.2) is 4.77 Å². The Hall–Kier alpha value is -1.75. The minimum atomic E-state index is 0.0665. The molecule has 0 aliphatic rings. The number of nitrogens with zero attached hydrogens (tertiary/aromatic N) is 2. The summed E-state index contributed by atoms with van der Waals surface area (Å²) in [6, 6.07) is 9.97. The summed E-state index contributed by atoms with van der Waals surface area (Å²) in [5.74, 6) is 0.855. The van der Waals surface area contributed by atoms with Crippen LogP contribution in [0.2, 0.25) is 0 Å². The van der Waals surface area contributed by atoms with Gasteiger partial charge in [0.2, 0.25) is 0 Å². The Morgan fingerprint density at radius 2 is 2.12 bits per heavy atom. The first kappa shape index (κ1) is 11.7. The first-order valence-corrected chi connectivity index (χ1v) is 5.75. The van der Waals surface area contributed by atoms with Crippen LogP contribution in [-0.2, 0) is 17.8 Å². The van der Waals surface area contributed by atoms with E-state index in [0.29, 0.717) is 11.2 Å². The zero-order valence-corrected chi connectivity index (χ0v) is 10.3. The van der Waals surface area contributed by atoms with E-state index in [9.17, 15) is 4.79 Å². The van der Waals surface area contributed by atoms with Crippen molar-refractivity contribution in [2.75, 3.05) is 0 Å². The number of rotatable bonds is 4. The average molecular weight is 247 g/mol. The standard InChI is InChI=1S/C12H13N3OS/c1-9(16)8-15-11(13-14-12(15)17)7-10-5-3-2-4-6-10/h2-6H,7-8H2,1H3,(H,14,17). The normalized spacial score (nSPS) is 10.4. The van der Waals surface area contributed by atoms with E-state index in [2.05, 4.69) is 10.2 Å². The van der Waals surface area contributed by atoms with Crippen molar-refractivity contribution >= 4 is 18.0 Å². The van der Waals surface area contributed by atoms with Crippen molar-refractivity contribution in [3.63, 3.8) is 0 Å². The molecule has 0 saturated carbocycles. The van der Waals surface area contributed by atoms with Crippen LogP contribution in [-0.4, -0.2) is 20.5 Å². The van der Waals surface area contributed by atoms with Crippen LogP contribution < -0.4 is 0 Å². The third-order valence-electron chi connectivity index (χ3n) is 2.42. The predicted molar refractivity (Wildman–Crippen MR) is 67.3 cm³/mol. The van der Waals surface area contributed by atoms with Crippen molar-refractivity contribution < 1.29 is 4.79 Å². The van der Waals surface area contributed by atoms with Crippen LogP contribution in [0.25, 0.3) is 0 Å². The number of Topliss-reactive ketones (excluding diaryl/α,β-unsaturated/α-hetero) is 1. The lowest BCUT2D eigenvalue weighted by Gasteiger charge is -2.04. The lowest BCUT2D eigenvalue weighted by molar-refractivity contribution is -0.117. The molecule has 1 N–H and O–H groups in total. The highest BCUT2D eigenvalue weighted by molar-refractivity contribution is 7.71. The van der Waals surface area contributed by atoms with Crippen molar-refractivity contribution in [3.8, 4) is 0 Å². The van der Waals surface area contributed by atoms with Gasteiger partial charge in [-0.15, -0.1) is 0 Å². The Kier molecular flexibility index (Phi) is 3.49. The van der Waals surface area contributed by atoms with Crippen LogP contribution in [0, 0.1) is 4.77 Å². The van der Waals surface area contributed by atoms with Gasteiger partial charge in [-0.1, -0.05) is 30.3 Å². The van der Waals surface area contributed by atoms with Gasteiger partial charge in [-0.2, -0.15) is 5.10 Å². The number of aromatic nitrogens is 3. The van der Waals surface area contributed by atoms with Gasteiger partial charge in [-0.3, -0.25) is 14.5 Å². The maximum atomic E-state index is 11.2. The zero-order chi connectivity index (χ0) is 12.3.